The van der Waals surface area contributed by atoms with Gasteiger partial charge >= 0.3 is 5.97 Å². The average molecular weight is 271 g/mol. The second-order valence-corrected chi connectivity index (χ2v) is 5.36. The fourth-order valence-corrected chi connectivity index (χ4v) is 3.13. The minimum absolute atomic E-state index is 0.0494. The van der Waals surface area contributed by atoms with Crippen molar-refractivity contribution >= 4 is 17.6 Å². The lowest BCUT2D eigenvalue weighted by Gasteiger charge is -2.28. The van der Waals surface area contributed by atoms with Crippen LogP contribution in [0.2, 0.25) is 0 Å². The molecule has 1 amide bonds. The molecule has 2 atom stereocenters. The van der Waals surface area contributed by atoms with Crippen LogP contribution in [0.3, 0.4) is 0 Å². The van der Waals surface area contributed by atoms with Gasteiger partial charge in [0, 0.05) is 12.2 Å². The van der Waals surface area contributed by atoms with Crippen molar-refractivity contribution < 1.29 is 14.7 Å². The molecular weight excluding hydrogens is 254 g/mol. The normalized spacial score (nSPS) is 24.5. The zero-order valence-corrected chi connectivity index (χ0v) is 11.2. The topological polar surface area (TPSA) is 57.6 Å². The van der Waals surface area contributed by atoms with E-state index in [1.54, 1.807) is 4.90 Å². The van der Waals surface area contributed by atoms with Crippen molar-refractivity contribution in [3.8, 4) is 0 Å². The van der Waals surface area contributed by atoms with Crippen LogP contribution in [0, 0.1) is 11.8 Å². The van der Waals surface area contributed by atoms with E-state index >= 15 is 0 Å². The minimum atomic E-state index is -0.875. The van der Waals surface area contributed by atoms with Crippen molar-refractivity contribution in [2.45, 2.75) is 19.3 Å². The maximum Gasteiger partial charge on any atom is 0.307 e. The Morgan fingerprint density at radius 2 is 1.80 bits per heavy atom. The summed E-state index contributed by atoms with van der Waals surface area (Å²) in [5.41, 5.74) is 2.11. The number of para-hydroxylation sites is 1. The first-order valence-corrected chi connectivity index (χ1v) is 6.95. The molecule has 1 heterocycles. The molecule has 0 saturated carbocycles. The van der Waals surface area contributed by atoms with Crippen LogP contribution in [0.25, 0.3) is 0 Å². The molecule has 0 radical (unpaired) electrons. The number of amides is 1. The van der Waals surface area contributed by atoms with E-state index in [9.17, 15) is 14.7 Å². The van der Waals surface area contributed by atoms with Gasteiger partial charge in [-0.1, -0.05) is 30.4 Å². The number of hydrogen-bond acceptors (Lipinski definition) is 2. The number of nitrogens with zero attached hydrogens (tertiary/aromatic N) is 1. The van der Waals surface area contributed by atoms with Crippen LogP contribution in [0.4, 0.5) is 5.69 Å². The van der Waals surface area contributed by atoms with Gasteiger partial charge < -0.3 is 10.0 Å². The maximum atomic E-state index is 12.7. The van der Waals surface area contributed by atoms with Gasteiger partial charge in [0.2, 0.25) is 5.91 Å². The summed E-state index contributed by atoms with van der Waals surface area (Å²) in [4.78, 5) is 25.8. The Morgan fingerprint density at radius 3 is 2.55 bits per heavy atom. The molecule has 0 aromatic heterocycles. The summed E-state index contributed by atoms with van der Waals surface area (Å²) in [5, 5.41) is 9.29. The number of benzene rings is 1. The lowest BCUT2D eigenvalue weighted by molar-refractivity contribution is -0.146. The number of allylic oxidation sites excluding steroid dienone is 2. The Labute approximate surface area is 117 Å². The number of carboxylic acid groups (broad SMARTS) is 1. The van der Waals surface area contributed by atoms with Gasteiger partial charge in [0.05, 0.1) is 11.8 Å². The van der Waals surface area contributed by atoms with E-state index < -0.39 is 17.8 Å². The van der Waals surface area contributed by atoms with Crippen molar-refractivity contribution in [3.63, 3.8) is 0 Å². The van der Waals surface area contributed by atoms with Crippen molar-refractivity contribution in [2.24, 2.45) is 11.8 Å². The molecule has 3 rings (SSSR count). The Kier molecular flexibility index (Phi) is 3.30. The number of carboxylic acids is 1. The number of fused-ring (bicyclic) bond motifs is 1. The Balaban J connectivity index is 1.86. The highest BCUT2D eigenvalue weighted by Crippen LogP contribution is 2.33. The summed E-state index contributed by atoms with van der Waals surface area (Å²) in [6.45, 7) is 0.657. The van der Waals surface area contributed by atoms with Crippen LogP contribution < -0.4 is 4.90 Å². The summed E-state index contributed by atoms with van der Waals surface area (Å²) >= 11 is 0. The van der Waals surface area contributed by atoms with Crippen LogP contribution in [0.1, 0.15) is 18.4 Å². The van der Waals surface area contributed by atoms with Crippen LogP contribution in [0.5, 0.6) is 0 Å². The van der Waals surface area contributed by atoms with E-state index in [-0.39, 0.29) is 5.91 Å². The Hall–Kier alpha value is -2.10. The Bertz CT molecular complexity index is 579. The summed E-state index contributed by atoms with van der Waals surface area (Å²) in [5.74, 6) is -1.96. The fraction of sp³-hybridized carbons (Fsp3) is 0.375. The monoisotopic (exact) mass is 271 g/mol. The van der Waals surface area contributed by atoms with E-state index in [4.69, 9.17) is 0 Å². The van der Waals surface area contributed by atoms with Crippen LogP contribution in [0.15, 0.2) is 36.4 Å². The van der Waals surface area contributed by atoms with Crippen LogP contribution in [-0.4, -0.2) is 23.5 Å². The number of carbonyl (C=O) groups is 2. The number of aliphatic carboxylic acids is 1. The summed E-state index contributed by atoms with van der Waals surface area (Å²) in [6.07, 6.45) is 5.60. The van der Waals surface area contributed by atoms with Crippen LogP contribution in [-0.2, 0) is 16.0 Å². The molecule has 20 heavy (non-hydrogen) atoms. The first kappa shape index (κ1) is 12.9. The second-order valence-electron chi connectivity index (χ2n) is 5.36. The van der Waals surface area contributed by atoms with E-state index in [0.29, 0.717) is 19.4 Å². The van der Waals surface area contributed by atoms with Gasteiger partial charge in [0.25, 0.3) is 0 Å². The highest BCUT2D eigenvalue weighted by molar-refractivity contribution is 5.99. The van der Waals surface area contributed by atoms with Crippen molar-refractivity contribution in [3.05, 3.63) is 42.0 Å². The quantitative estimate of drug-likeness (QED) is 0.839. The van der Waals surface area contributed by atoms with Gasteiger partial charge in [0.1, 0.15) is 0 Å². The largest absolute Gasteiger partial charge is 0.481 e. The third-order valence-corrected chi connectivity index (χ3v) is 4.22. The molecule has 1 aliphatic heterocycles. The van der Waals surface area contributed by atoms with Crippen molar-refractivity contribution in [1.82, 2.24) is 0 Å². The van der Waals surface area contributed by atoms with Crippen molar-refractivity contribution in [2.75, 3.05) is 11.4 Å². The number of anilines is 1. The molecule has 4 nitrogen and oxygen atoms in total. The molecule has 0 saturated heterocycles. The smallest absolute Gasteiger partial charge is 0.307 e. The standard InChI is InChI=1S/C16H17NO3/c18-15(12-6-2-3-7-13(12)16(19)20)17-10-9-11-5-1-4-8-14(11)17/h1-5,8,12-13H,6-7,9-10H2,(H,19,20)/t12-,13-/m0/s1. The number of hydrogen-bond donors (Lipinski definition) is 1. The zero-order valence-electron chi connectivity index (χ0n) is 11.2. The van der Waals surface area contributed by atoms with Gasteiger partial charge in [-0.2, -0.15) is 0 Å². The molecule has 4 heteroatoms. The maximum absolute atomic E-state index is 12.7. The Morgan fingerprint density at radius 1 is 1.10 bits per heavy atom. The highest BCUT2D eigenvalue weighted by atomic mass is 16.4. The first-order valence-electron chi connectivity index (χ1n) is 6.95. The molecule has 1 N–H and O–H groups in total. The lowest BCUT2D eigenvalue weighted by atomic mass is 9.82. The summed E-state index contributed by atoms with van der Waals surface area (Å²) in [7, 11) is 0. The minimum Gasteiger partial charge on any atom is -0.481 e. The molecule has 1 aliphatic carbocycles. The fourth-order valence-electron chi connectivity index (χ4n) is 3.13. The molecule has 0 unspecified atom stereocenters. The average Bonchev–Trinajstić information content (AvgIpc) is 2.90. The molecule has 0 spiro atoms. The molecule has 104 valence electrons. The number of rotatable bonds is 2. The van der Waals surface area contributed by atoms with E-state index in [2.05, 4.69) is 0 Å². The third-order valence-electron chi connectivity index (χ3n) is 4.22. The molecular formula is C16H17NO3. The van der Waals surface area contributed by atoms with E-state index in [1.165, 1.54) is 5.56 Å². The molecule has 2 aliphatic rings. The van der Waals surface area contributed by atoms with E-state index in [1.807, 2.05) is 36.4 Å². The first-order chi connectivity index (χ1) is 9.68. The number of carbonyl (C=O) groups excluding carboxylic acids is 1. The predicted molar refractivity (Wildman–Crippen MR) is 75.5 cm³/mol. The molecule has 0 fully saturated rings. The lowest BCUT2D eigenvalue weighted by Crippen LogP contribution is -2.41. The van der Waals surface area contributed by atoms with Gasteiger partial charge in [0.15, 0.2) is 0 Å². The van der Waals surface area contributed by atoms with Crippen LogP contribution >= 0.6 is 0 Å². The zero-order chi connectivity index (χ0) is 14.1. The molecule has 1 aromatic rings. The molecule has 1 aromatic carbocycles. The highest BCUT2D eigenvalue weighted by Gasteiger charge is 2.38. The summed E-state index contributed by atoms with van der Waals surface area (Å²) < 4.78 is 0. The third kappa shape index (κ3) is 2.11. The van der Waals surface area contributed by atoms with E-state index in [0.717, 1.165) is 12.1 Å². The van der Waals surface area contributed by atoms with Gasteiger partial charge in [-0.05, 0) is 30.9 Å². The predicted octanol–water partition coefficient (Wildman–Crippen LogP) is 2.24. The van der Waals surface area contributed by atoms with Crippen molar-refractivity contribution in [1.29, 1.82) is 0 Å². The summed E-state index contributed by atoms with van der Waals surface area (Å²) in [6, 6.07) is 7.85. The van der Waals surface area contributed by atoms with Gasteiger partial charge in [-0.15, -0.1) is 0 Å². The second kappa shape index (κ2) is 5.12. The SMILES string of the molecule is O=C(O)[C@H]1CC=CC[C@@H]1C(=O)N1CCc2ccccc21. The van der Waals surface area contributed by atoms with Gasteiger partial charge in [-0.25, -0.2) is 0 Å². The molecule has 0 bridgehead atoms. The van der Waals surface area contributed by atoms with Gasteiger partial charge in [-0.3, -0.25) is 9.59 Å².